The third kappa shape index (κ3) is 7.70. The van der Waals surface area contributed by atoms with Crippen LogP contribution >= 0.6 is 0 Å². The summed E-state index contributed by atoms with van der Waals surface area (Å²) in [6.45, 7) is 6.22. The summed E-state index contributed by atoms with van der Waals surface area (Å²) in [5.41, 5.74) is 0.606. The van der Waals surface area contributed by atoms with Crippen molar-refractivity contribution in [2.75, 3.05) is 13.7 Å². The third-order valence-electron chi connectivity index (χ3n) is 1.28. The molecule has 0 fully saturated rings. The van der Waals surface area contributed by atoms with E-state index in [0.29, 0.717) is 12.2 Å². The molecule has 0 saturated carbocycles. The van der Waals surface area contributed by atoms with Crippen LogP contribution in [0.4, 0.5) is 0 Å². The molecule has 3 nitrogen and oxygen atoms in total. The Morgan fingerprint density at radius 1 is 1.20 bits per heavy atom. The van der Waals surface area contributed by atoms with Crippen molar-refractivity contribution in [2.45, 2.75) is 20.8 Å². The van der Waals surface area contributed by atoms with Gasteiger partial charge in [-0.1, -0.05) is 32.0 Å². The molecule has 1 aromatic carbocycles. The number of ether oxygens (including phenoxy) is 1. The van der Waals surface area contributed by atoms with Gasteiger partial charge in [-0.05, 0) is 19.1 Å². The van der Waals surface area contributed by atoms with Gasteiger partial charge < -0.3 is 9.84 Å². The number of aliphatic hydroxyl groups is 1. The number of carbonyl (C=O) groups is 1. The van der Waals surface area contributed by atoms with Crippen LogP contribution in [0.3, 0.4) is 0 Å². The van der Waals surface area contributed by atoms with Gasteiger partial charge in [0.15, 0.2) is 0 Å². The van der Waals surface area contributed by atoms with Gasteiger partial charge >= 0.3 is 5.97 Å². The Morgan fingerprint density at radius 2 is 1.67 bits per heavy atom. The van der Waals surface area contributed by atoms with E-state index in [1.807, 2.05) is 32.0 Å². The van der Waals surface area contributed by atoms with Gasteiger partial charge in [-0.15, -0.1) is 0 Å². The van der Waals surface area contributed by atoms with E-state index in [2.05, 4.69) is 0 Å². The standard InChI is InChI=1S/C9H10O2.C2H6.CH4O/c1-2-11-9(10)8-6-4-3-5-7-8;2*1-2/h3-7H,2H2,1H3;1-2H3;2H,1H3. The lowest BCUT2D eigenvalue weighted by Crippen LogP contribution is -2.03. The first kappa shape index (κ1) is 16.1. The minimum absolute atomic E-state index is 0.256. The summed E-state index contributed by atoms with van der Waals surface area (Å²) >= 11 is 0. The Hall–Kier alpha value is -1.35. The minimum atomic E-state index is -0.256. The summed E-state index contributed by atoms with van der Waals surface area (Å²) in [6, 6.07) is 8.96. The molecule has 1 rings (SSSR count). The lowest BCUT2D eigenvalue weighted by atomic mass is 10.2. The lowest BCUT2D eigenvalue weighted by Gasteiger charge is -1.99. The predicted octanol–water partition coefficient (Wildman–Crippen LogP) is 2.50. The monoisotopic (exact) mass is 212 g/mol. The van der Waals surface area contributed by atoms with E-state index in [1.54, 1.807) is 19.1 Å². The van der Waals surface area contributed by atoms with Gasteiger partial charge in [-0.3, -0.25) is 0 Å². The number of hydrogen-bond acceptors (Lipinski definition) is 3. The molecule has 0 heterocycles. The Labute approximate surface area is 91.7 Å². The van der Waals surface area contributed by atoms with Crippen LogP contribution in [0.5, 0.6) is 0 Å². The van der Waals surface area contributed by atoms with E-state index in [0.717, 1.165) is 7.11 Å². The number of rotatable bonds is 2. The van der Waals surface area contributed by atoms with Crippen molar-refractivity contribution in [3.8, 4) is 0 Å². The topological polar surface area (TPSA) is 46.5 Å². The van der Waals surface area contributed by atoms with Crippen LogP contribution in [0.15, 0.2) is 30.3 Å². The van der Waals surface area contributed by atoms with Crippen molar-refractivity contribution in [1.29, 1.82) is 0 Å². The zero-order valence-electron chi connectivity index (χ0n) is 9.86. The number of esters is 1. The van der Waals surface area contributed by atoms with Gasteiger partial charge in [-0.25, -0.2) is 4.79 Å². The van der Waals surface area contributed by atoms with E-state index in [4.69, 9.17) is 9.84 Å². The molecule has 0 radical (unpaired) electrons. The molecule has 0 aromatic heterocycles. The summed E-state index contributed by atoms with van der Waals surface area (Å²) in [5.74, 6) is -0.256. The fraction of sp³-hybridized carbons (Fsp3) is 0.417. The molecule has 1 N–H and O–H groups in total. The Bertz CT molecular complexity index is 232. The second-order valence-corrected chi connectivity index (χ2v) is 2.09. The van der Waals surface area contributed by atoms with Crippen LogP contribution in [-0.2, 0) is 4.74 Å². The zero-order valence-corrected chi connectivity index (χ0v) is 9.86. The average Bonchev–Trinajstić information content (AvgIpc) is 2.36. The highest BCUT2D eigenvalue weighted by molar-refractivity contribution is 5.89. The number of carbonyl (C=O) groups excluding carboxylic acids is 1. The molecular formula is C12H20O3. The average molecular weight is 212 g/mol. The van der Waals surface area contributed by atoms with Gasteiger partial charge in [0, 0.05) is 7.11 Å². The highest BCUT2D eigenvalue weighted by atomic mass is 16.5. The summed E-state index contributed by atoms with van der Waals surface area (Å²) in [6.07, 6.45) is 0. The quantitative estimate of drug-likeness (QED) is 0.766. The lowest BCUT2D eigenvalue weighted by molar-refractivity contribution is 0.0526. The molecular weight excluding hydrogens is 192 g/mol. The van der Waals surface area contributed by atoms with Gasteiger partial charge in [-0.2, -0.15) is 0 Å². The number of hydrogen-bond donors (Lipinski definition) is 1. The third-order valence-corrected chi connectivity index (χ3v) is 1.28. The second kappa shape index (κ2) is 12.7. The minimum Gasteiger partial charge on any atom is -0.462 e. The molecule has 0 saturated heterocycles. The molecule has 3 heteroatoms. The van der Waals surface area contributed by atoms with Crippen LogP contribution < -0.4 is 0 Å². The predicted molar refractivity (Wildman–Crippen MR) is 61.9 cm³/mol. The molecule has 0 amide bonds. The van der Waals surface area contributed by atoms with Gasteiger partial charge in [0.05, 0.1) is 12.2 Å². The van der Waals surface area contributed by atoms with E-state index in [-0.39, 0.29) is 5.97 Å². The van der Waals surface area contributed by atoms with Crippen LogP contribution in [0.25, 0.3) is 0 Å². The first-order valence-corrected chi connectivity index (χ1v) is 5.01. The fourth-order valence-corrected chi connectivity index (χ4v) is 0.789. The van der Waals surface area contributed by atoms with Crippen LogP contribution in [0, 0.1) is 0 Å². The number of aliphatic hydroxyl groups excluding tert-OH is 1. The largest absolute Gasteiger partial charge is 0.462 e. The summed E-state index contributed by atoms with van der Waals surface area (Å²) in [4.78, 5) is 11.0. The molecule has 0 aliphatic heterocycles. The molecule has 86 valence electrons. The van der Waals surface area contributed by atoms with E-state index >= 15 is 0 Å². The Balaban J connectivity index is 0. The first-order valence-electron chi connectivity index (χ1n) is 5.01. The highest BCUT2D eigenvalue weighted by Crippen LogP contribution is 1.99. The van der Waals surface area contributed by atoms with Crippen molar-refractivity contribution in [3.63, 3.8) is 0 Å². The van der Waals surface area contributed by atoms with Crippen LogP contribution in [-0.4, -0.2) is 24.8 Å². The van der Waals surface area contributed by atoms with Crippen LogP contribution in [0.2, 0.25) is 0 Å². The normalized spacial score (nSPS) is 7.53. The summed E-state index contributed by atoms with van der Waals surface area (Å²) in [5, 5.41) is 7.00. The van der Waals surface area contributed by atoms with Crippen molar-refractivity contribution >= 4 is 5.97 Å². The highest BCUT2D eigenvalue weighted by Gasteiger charge is 2.02. The summed E-state index contributed by atoms with van der Waals surface area (Å²) < 4.78 is 4.79. The van der Waals surface area contributed by atoms with Crippen LogP contribution in [0.1, 0.15) is 31.1 Å². The van der Waals surface area contributed by atoms with Gasteiger partial charge in [0.1, 0.15) is 0 Å². The molecule has 15 heavy (non-hydrogen) atoms. The van der Waals surface area contributed by atoms with Gasteiger partial charge in [0.2, 0.25) is 0 Å². The SMILES string of the molecule is CC.CCOC(=O)c1ccccc1.CO. The van der Waals surface area contributed by atoms with E-state index in [9.17, 15) is 4.79 Å². The first-order chi connectivity index (χ1) is 7.34. The maximum atomic E-state index is 11.0. The van der Waals surface area contributed by atoms with E-state index in [1.165, 1.54) is 0 Å². The Morgan fingerprint density at radius 3 is 2.07 bits per heavy atom. The molecule has 1 aromatic rings. The summed E-state index contributed by atoms with van der Waals surface area (Å²) in [7, 11) is 1.00. The Kier molecular flexibility index (Phi) is 13.6. The number of benzene rings is 1. The molecule has 0 aliphatic carbocycles. The second-order valence-electron chi connectivity index (χ2n) is 2.09. The molecule has 0 unspecified atom stereocenters. The zero-order chi connectivity index (χ0) is 12.1. The molecule has 0 atom stereocenters. The molecule has 0 bridgehead atoms. The van der Waals surface area contributed by atoms with Crippen molar-refractivity contribution in [2.24, 2.45) is 0 Å². The fourth-order valence-electron chi connectivity index (χ4n) is 0.789. The smallest absolute Gasteiger partial charge is 0.338 e. The van der Waals surface area contributed by atoms with Crippen molar-refractivity contribution < 1.29 is 14.6 Å². The maximum absolute atomic E-state index is 11.0. The maximum Gasteiger partial charge on any atom is 0.338 e. The van der Waals surface area contributed by atoms with E-state index < -0.39 is 0 Å². The molecule has 0 spiro atoms. The van der Waals surface area contributed by atoms with Gasteiger partial charge in [0.25, 0.3) is 0 Å². The molecule has 0 aliphatic rings. The van der Waals surface area contributed by atoms with Crippen molar-refractivity contribution in [1.82, 2.24) is 0 Å². The van der Waals surface area contributed by atoms with Crippen molar-refractivity contribution in [3.05, 3.63) is 35.9 Å².